The summed E-state index contributed by atoms with van der Waals surface area (Å²) in [7, 11) is 1.64. The molecule has 152 valence electrons. The fraction of sp³-hybridized carbons (Fsp3) is 0.273. The average molecular weight is 396 g/mol. The molecular formula is C22H24N2O5. The van der Waals surface area contributed by atoms with E-state index >= 15 is 0 Å². The second kappa shape index (κ2) is 9.25. The van der Waals surface area contributed by atoms with Crippen LogP contribution in [0.3, 0.4) is 0 Å². The van der Waals surface area contributed by atoms with Crippen molar-refractivity contribution in [3.05, 3.63) is 70.1 Å². The third kappa shape index (κ3) is 4.94. The van der Waals surface area contributed by atoms with Crippen molar-refractivity contribution < 1.29 is 18.7 Å². The van der Waals surface area contributed by atoms with Crippen molar-refractivity contribution in [2.75, 3.05) is 19.0 Å². The van der Waals surface area contributed by atoms with Gasteiger partial charge in [0, 0.05) is 41.4 Å². The van der Waals surface area contributed by atoms with Crippen molar-refractivity contribution in [2.24, 2.45) is 0 Å². The molecule has 3 aromatic rings. The molecule has 3 rings (SSSR count). The number of ether oxygens (including phenoxy) is 2. The highest BCUT2D eigenvalue weighted by Gasteiger charge is 2.13. The molecule has 0 aliphatic rings. The first-order valence-corrected chi connectivity index (χ1v) is 9.38. The van der Waals surface area contributed by atoms with Crippen molar-refractivity contribution >= 4 is 22.7 Å². The number of rotatable bonds is 7. The molecule has 0 fully saturated rings. The molecule has 1 heterocycles. The number of carbonyl (C=O) groups excluding carboxylic acids is 1. The highest BCUT2D eigenvalue weighted by atomic mass is 16.5. The lowest BCUT2D eigenvalue weighted by Gasteiger charge is -2.17. The maximum absolute atomic E-state index is 12.0. The number of methoxy groups -OCH3 is 1. The van der Waals surface area contributed by atoms with Gasteiger partial charge in [-0.3, -0.25) is 5.32 Å². The van der Waals surface area contributed by atoms with Crippen LogP contribution in [0.25, 0.3) is 11.0 Å². The normalized spacial score (nSPS) is 11.8. The molecule has 0 saturated heterocycles. The van der Waals surface area contributed by atoms with E-state index in [-0.39, 0.29) is 12.6 Å². The lowest BCUT2D eigenvalue weighted by molar-refractivity contribution is 0.168. The third-order valence-corrected chi connectivity index (χ3v) is 4.56. The Kier molecular flexibility index (Phi) is 6.51. The Morgan fingerprint density at radius 1 is 1.17 bits per heavy atom. The van der Waals surface area contributed by atoms with E-state index in [0.717, 1.165) is 22.3 Å². The monoisotopic (exact) mass is 396 g/mol. The highest BCUT2D eigenvalue weighted by Crippen LogP contribution is 2.26. The third-order valence-electron chi connectivity index (χ3n) is 4.56. The van der Waals surface area contributed by atoms with E-state index in [0.29, 0.717) is 17.8 Å². The standard InChI is InChI=1S/C22H24N2O5/c1-4-28-22(26)24-16-9-10-18-15(11-21(25)29-20(18)12-16)13-23-14(2)17-7-5-6-8-19(17)27-3/h5-12,14,23H,4,13H2,1-3H3,(H,24,26)/t14-/m1/s1. The fourth-order valence-corrected chi connectivity index (χ4v) is 3.14. The van der Waals surface area contributed by atoms with E-state index < -0.39 is 11.7 Å². The average Bonchev–Trinajstić information content (AvgIpc) is 2.71. The van der Waals surface area contributed by atoms with Crippen molar-refractivity contribution in [1.29, 1.82) is 0 Å². The van der Waals surface area contributed by atoms with Gasteiger partial charge < -0.3 is 19.2 Å². The predicted octanol–water partition coefficient (Wildman–Crippen LogP) is 4.22. The van der Waals surface area contributed by atoms with Crippen molar-refractivity contribution in [2.45, 2.75) is 26.4 Å². The molecule has 0 radical (unpaired) electrons. The molecule has 1 aromatic heterocycles. The minimum absolute atomic E-state index is 0.0122. The summed E-state index contributed by atoms with van der Waals surface area (Å²) in [5.41, 5.74) is 2.27. The van der Waals surface area contributed by atoms with Gasteiger partial charge in [-0.1, -0.05) is 18.2 Å². The molecule has 0 saturated carbocycles. The summed E-state index contributed by atoms with van der Waals surface area (Å²) in [6.07, 6.45) is -0.558. The predicted molar refractivity (Wildman–Crippen MR) is 111 cm³/mol. The lowest BCUT2D eigenvalue weighted by Crippen LogP contribution is -2.19. The van der Waals surface area contributed by atoms with Crippen LogP contribution in [0.15, 0.2) is 57.7 Å². The van der Waals surface area contributed by atoms with Gasteiger partial charge in [0.1, 0.15) is 11.3 Å². The van der Waals surface area contributed by atoms with Crippen LogP contribution in [0.1, 0.15) is 31.0 Å². The number of fused-ring (bicyclic) bond motifs is 1. The van der Waals surface area contributed by atoms with Crippen LogP contribution in [0.5, 0.6) is 5.75 Å². The molecule has 0 aliphatic carbocycles. The van der Waals surface area contributed by atoms with Gasteiger partial charge in [-0.25, -0.2) is 9.59 Å². The molecule has 2 N–H and O–H groups in total. The maximum Gasteiger partial charge on any atom is 0.411 e. The summed E-state index contributed by atoms with van der Waals surface area (Å²) in [5.74, 6) is 0.805. The topological polar surface area (TPSA) is 89.8 Å². The Bertz CT molecular complexity index is 1060. The Labute approximate surface area is 168 Å². The molecule has 29 heavy (non-hydrogen) atoms. The molecular weight excluding hydrogens is 372 g/mol. The number of hydrogen-bond donors (Lipinski definition) is 2. The summed E-state index contributed by atoms with van der Waals surface area (Å²) in [5, 5.41) is 6.82. The van der Waals surface area contributed by atoms with E-state index in [2.05, 4.69) is 10.6 Å². The SMILES string of the molecule is CCOC(=O)Nc1ccc2c(CN[C@H](C)c3ccccc3OC)cc(=O)oc2c1. The summed E-state index contributed by atoms with van der Waals surface area (Å²) in [4.78, 5) is 23.6. The van der Waals surface area contributed by atoms with Crippen LogP contribution in [0, 0.1) is 0 Å². The van der Waals surface area contributed by atoms with E-state index in [9.17, 15) is 9.59 Å². The molecule has 0 unspecified atom stereocenters. The Morgan fingerprint density at radius 2 is 1.97 bits per heavy atom. The molecule has 2 aromatic carbocycles. The first kappa shape index (κ1) is 20.4. The van der Waals surface area contributed by atoms with E-state index in [4.69, 9.17) is 13.9 Å². The molecule has 1 atom stereocenters. The van der Waals surface area contributed by atoms with Crippen LogP contribution in [0.2, 0.25) is 0 Å². The van der Waals surface area contributed by atoms with Crippen LogP contribution >= 0.6 is 0 Å². The number of hydrogen-bond acceptors (Lipinski definition) is 6. The maximum atomic E-state index is 12.0. The number of anilines is 1. The van der Waals surface area contributed by atoms with Gasteiger partial charge in [-0.2, -0.15) is 0 Å². The zero-order chi connectivity index (χ0) is 20.8. The Hall–Kier alpha value is -3.32. The number of carbonyl (C=O) groups is 1. The van der Waals surface area contributed by atoms with Gasteiger partial charge in [-0.15, -0.1) is 0 Å². The van der Waals surface area contributed by atoms with E-state index in [1.54, 1.807) is 26.2 Å². The molecule has 0 bridgehead atoms. The fourth-order valence-electron chi connectivity index (χ4n) is 3.14. The Morgan fingerprint density at radius 3 is 2.72 bits per heavy atom. The molecule has 1 amide bonds. The first-order chi connectivity index (χ1) is 14.0. The van der Waals surface area contributed by atoms with Crippen LogP contribution in [0.4, 0.5) is 10.5 Å². The van der Waals surface area contributed by atoms with Crippen LogP contribution in [-0.2, 0) is 11.3 Å². The number of benzene rings is 2. The number of nitrogens with one attached hydrogen (secondary N) is 2. The number of amides is 1. The van der Waals surface area contributed by atoms with Crippen molar-refractivity contribution in [3.8, 4) is 5.75 Å². The first-order valence-electron chi connectivity index (χ1n) is 9.38. The van der Waals surface area contributed by atoms with E-state index in [1.165, 1.54) is 6.07 Å². The zero-order valence-corrected chi connectivity index (χ0v) is 16.7. The zero-order valence-electron chi connectivity index (χ0n) is 16.7. The van der Waals surface area contributed by atoms with Gasteiger partial charge in [0.2, 0.25) is 0 Å². The summed E-state index contributed by atoms with van der Waals surface area (Å²) >= 11 is 0. The van der Waals surface area contributed by atoms with Crippen LogP contribution < -0.4 is 21.0 Å². The highest BCUT2D eigenvalue weighted by molar-refractivity contribution is 5.89. The van der Waals surface area contributed by atoms with Gasteiger partial charge in [-0.05, 0) is 37.6 Å². The Balaban J connectivity index is 1.82. The molecule has 7 heteroatoms. The minimum Gasteiger partial charge on any atom is -0.496 e. The second-order valence-electron chi connectivity index (χ2n) is 6.49. The molecule has 0 spiro atoms. The molecule has 0 aliphatic heterocycles. The van der Waals surface area contributed by atoms with Gasteiger partial charge in [0.15, 0.2) is 0 Å². The smallest absolute Gasteiger partial charge is 0.411 e. The van der Waals surface area contributed by atoms with Crippen molar-refractivity contribution in [3.63, 3.8) is 0 Å². The van der Waals surface area contributed by atoms with Gasteiger partial charge in [0.05, 0.1) is 13.7 Å². The van der Waals surface area contributed by atoms with Gasteiger partial charge in [0.25, 0.3) is 0 Å². The largest absolute Gasteiger partial charge is 0.496 e. The lowest BCUT2D eigenvalue weighted by atomic mass is 10.1. The second-order valence-corrected chi connectivity index (χ2v) is 6.49. The summed E-state index contributed by atoms with van der Waals surface area (Å²) in [6, 6.07) is 14.5. The number of para-hydroxylation sites is 1. The van der Waals surface area contributed by atoms with Gasteiger partial charge >= 0.3 is 11.7 Å². The van der Waals surface area contributed by atoms with E-state index in [1.807, 2.05) is 37.3 Å². The summed E-state index contributed by atoms with van der Waals surface area (Å²) < 4.78 is 15.6. The van der Waals surface area contributed by atoms with Crippen LogP contribution in [-0.4, -0.2) is 19.8 Å². The molecule has 7 nitrogen and oxygen atoms in total. The summed E-state index contributed by atoms with van der Waals surface area (Å²) in [6.45, 7) is 4.50. The van der Waals surface area contributed by atoms with Crippen molar-refractivity contribution in [1.82, 2.24) is 5.32 Å². The minimum atomic E-state index is -0.558. The quantitative estimate of drug-likeness (QED) is 0.581.